The molecule has 1 rings (SSSR count). The van der Waals surface area contributed by atoms with Crippen molar-refractivity contribution < 1.29 is 14.6 Å². The van der Waals surface area contributed by atoms with Crippen LogP contribution in [0.1, 0.15) is 10.4 Å². The third-order valence-electron chi connectivity index (χ3n) is 1.39. The number of hydrogen-bond donors (Lipinski definition) is 2. The summed E-state index contributed by atoms with van der Waals surface area (Å²) in [5.74, 6) is -1.16. The van der Waals surface area contributed by atoms with Crippen LogP contribution in [0, 0.1) is 0 Å². The maximum Gasteiger partial charge on any atom is 0.341 e. The number of aromatic carboxylic acids is 1. The monoisotopic (exact) mass is 202 g/mol. The molecule has 0 unspecified atom stereocenters. The zero-order valence-electron chi connectivity index (χ0n) is 6.74. The van der Waals surface area contributed by atoms with Gasteiger partial charge < -0.3 is 15.6 Å². The molecular weight excluding hydrogens is 196 g/mol. The van der Waals surface area contributed by atoms with E-state index in [9.17, 15) is 4.79 Å². The van der Waals surface area contributed by atoms with Crippen LogP contribution in [-0.2, 0) is 0 Å². The van der Waals surface area contributed by atoms with E-state index < -0.39 is 5.97 Å². The van der Waals surface area contributed by atoms with Crippen molar-refractivity contribution >= 4 is 23.4 Å². The summed E-state index contributed by atoms with van der Waals surface area (Å²) in [6.45, 7) is 0. The lowest BCUT2D eigenvalue weighted by molar-refractivity contribution is 0.0692. The average molecular weight is 203 g/mol. The molecule has 0 aliphatic heterocycles. The summed E-state index contributed by atoms with van der Waals surface area (Å²) in [6, 6.07) is 1.20. The van der Waals surface area contributed by atoms with Gasteiger partial charge in [0.05, 0.1) is 12.1 Å². The topological polar surface area (TPSA) is 85.4 Å². The van der Waals surface area contributed by atoms with E-state index in [1.165, 1.54) is 13.2 Å². The molecule has 5 nitrogen and oxygen atoms in total. The smallest absolute Gasteiger partial charge is 0.341 e. The van der Waals surface area contributed by atoms with E-state index in [0.29, 0.717) is 0 Å². The number of anilines is 1. The number of halogens is 1. The molecule has 3 N–H and O–H groups in total. The summed E-state index contributed by atoms with van der Waals surface area (Å²) in [4.78, 5) is 14.3. The number of carbonyl (C=O) groups is 1. The normalized spacial score (nSPS) is 9.69. The van der Waals surface area contributed by atoms with E-state index >= 15 is 0 Å². The molecule has 0 aliphatic rings. The van der Waals surface area contributed by atoms with Gasteiger partial charge in [-0.05, 0) is 6.07 Å². The number of aromatic nitrogens is 1. The number of rotatable bonds is 2. The minimum absolute atomic E-state index is 0.0449. The van der Waals surface area contributed by atoms with Crippen molar-refractivity contribution in [2.24, 2.45) is 0 Å². The Balaban J connectivity index is 3.33. The zero-order chi connectivity index (χ0) is 10.0. The molecule has 0 spiro atoms. The van der Waals surface area contributed by atoms with E-state index in [1.807, 2.05) is 0 Å². The molecule has 0 fully saturated rings. The number of nitrogens with zero attached hydrogens (tertiary/aromatic N) is 1. The van der Waals surface area contributed by atoms with Crippen molar-refractivity contribution in [2.75, 3.05) is 12.8 Å². The highest BCUT2D eigenvalue weighted by molar-refractivity contribution is 6.33. The maximum absolute atomic E-state index is 10.6. The van der Waals surface area contributed by atoms with E-state index in [-0.39, 0.29) is 22.3 Å². The van der Waals surface area contributed by atoms with E-state index in [0.717, 1.165) is 0 Å². The Bertz CT molecular complexity index is 354. The second-order valence-electron chi connectivity index (χ2n) is 2.22. The molecule has 0 atom stereocenters. The molecule has 0 saturated heterocycles. The van der Waals surface area contributed by atoms with Gasteiger partial charge in [-0.2, -0.15) is 4.98 Å². The Morgan fingerprint density at radius 2 is 2.38 bits per heavy atom. The lowest BCUT2D eigenvalue weighted by atomic mass is 10.2. The molecule has 6 heteroatoms. The fourth-order valence-electron chi connectivity index (χ4n) is 0.794. The number of nitrogens with two attached hydrogens (primary N) is 1. The van der Waals surface area contributed by atoms with E-state index in [4.69, 9.17) is 27.2 Å². The molecular formula is C7H7ClN2O3. The molecule has 70 valence electrons. The van der Waals surface area contributed by atoms with Crippen LogP contribution in [0.5, 0.6) is 5.88 Å². The Kier molecular flexibility index (Phi) is 2.57. The fourth-order valence-corrected chi connectivity index (χ4v) is 0.946. The van der Waals surface area contributed by atoms with Crippen LogP contribution < -0.4 is 10.5 Å². The van der Waals surface area contributed by atoms with Crippen LogP contribution in [0.15, 0.2) is 6.07 Å². The molecule has 1 heterocycles. The summed E-state index contributed by atoms with van der Waals surface area (Å²) in [5.41, 5.74) is 5.24. The van der Waals surface area contributed by atoms with Gasteiger partial charge in [-0.3, -0.25) is 0 Å². The predicted molar refractivity (Wildman–Crippen MR) is 47.2 cm³/mol. The quantitative estimate of drug-likeness (QED) is 0.748. The van der Waals surface area contributed by atoms with Gasteiger partial charge in [0.15, 0.2) is 0 Å². The van der Waals surface area contributed by atoms with Crippen LogP contribution in [0.3, 0.4) is 0 Å². The van der Waals surface area contributed by atoms with Crippen LogP contribution in [0.4, 0.5) is 5.82 Å². The third kappa shape index (κ3) is 1.81. The van der Waals surface area contributed by atoms with Crippen LogP contribution >= 0.6 is 11.6 Å². The molecule has 0 saturated carbocycles. The standard InChI is InChI=1S/C7H7ClN2O3/c1-13-6-3(7(11)12)2-4(8)5(9)10-6/h2H,1H3,(H2,9,10)(H,11,12). The van der Waals surface area contributed by atoms with Crippen molar-refractivity contribution in [1.82, 2.24) is 4.98 Å². The number of carboxylic acids is 1. The molecule has 0 aromatic carbocycles. The third-order valence-corrected chi connectivity index (χ3v) is 1.69. The largest absolute Gasteiger partial charge is 0.480 e. The first kappa shape index (κ1) is 9.60. The number of methoxy groups -OCH3 is 1. The lowest BCUT2D eigenvalue weighted by Gasteiger charge is -2.05. The second kappa shape index (κ2) is 3.49. The first-order valence-corrected chi connectivity index (χ1v) is 3.67. The second-order valence-corrected chi connectivity index (χ2v) is 2.62. The van der Waals surface area contributed by atoms with Crippen LogP contribution in [-0.4, -0.2) is 23.2 Å². The van der Waals surface area contributed by atoms with Gasteiger partial charge in [-0.25, -0.2) is 4.79 Å². The minimum atomic E-state index is -1.16. The van der Waals surface area contributed by atoms with Gasteiger partial charge in [-0.15, -0.1) is 0 Å². The van der Waals surface area contributed by atoms with Gasteiger partial charge in [0.25, 0.3) is 0 Å². The first-order valence-electron chi connectivity index (χ1n) is 3.29. The summed E-state index contributed by atoms with van der Waals surface area (Å²) in [7, 11) is 1.31. The molecule has 0 aliphatic carbocycles. The number of pyridine rings is 1. The van der Waals surface area contributed by atoms with Gasteiger partial charge >= 0.3 is 5.97 Å². The zero-order valence-corrected chi connectivity index (χ0v) is 7.50. The lowest BCUT2D eigenvalue weighted by Crippen LogP contribution is -2.04. The molecule has 0 bridgehead atoms. The number of carboxylic acid groups (broad SMARTS) is 1. The fraction of sp³-hybridized carbons (Fsp3) is 0.143. The summed E-state index contributed by atoms with van der Waals surface area (Å²) in [5, 5.41) is 8.79. The van der Waals surface area contributed by atoms with Crippen molar-refractivity contribution in [1.29, 1.82) is 0 Å². The number of hydrogen-bond acceptors (Lipinski definition) is 4. The van der Waals surface area contributed by atoms with Gasteiger partial charge in [0.2, 0.25) is 5.88 Å². The predicted octanol–water partition coefficient (Wildman–Crippen LogP) is 1.02. The highest BCUT2D eigenvalue weighted by atomic mass is 35.5. The van der Waals surface area contributed by atoms with E-state index in [1.54, 1.807) is 0 Å². The Morgan fingerprint density at radius 3 is 2.85 bits per heavy atom. The molecule has 0 radical (unpaired) electrons. The van der Waals surface area contributed by atoms with Gasteiger partial charge in [0, 0.05) is 0 Å². The van der Waals surface area contributed by atoms with E-state index in [2.05, 4.69) is 4.98 Å². The van der Waals surface area contributed by atoms with Crippen molar-refractivity contribution in [3.05, 3.63) is 16.7 Å². The molecule has 1 aromatic rings. The highest BCUT2D eigenvalue weighted by Gasteiger charge is 2.14. The summed E-state index contributed by atoms with van der Waals surface area (Å²) in [6.07, 6.45) is 0. The minimum Gasteiger partial charge on any atom is -0.480 e. The first-order chi connectivity index (χ1) is 6.06. The molecule has 0 amide bonds. The SMILES string of the molecule is COc1nc(N)c(Cl)cc1C(=O)O. The Hall–Kier alpha value is -1.49. The molecule has 13 heavy (non-hydrogen) atoms. The van der Waals surface area contributed by atoms with Crippen LogP contribution in [0.2, 0.25) is 5.02 Å². The molecule has 1 aromatic heterocycles. The number of ether oxygens (including phenoxy) is 1. The summed E-state index contributed by atoms with van der Waals surface area (Å²) >= 11 is 5.58. The number of nitrogen functional groups attached to an aromatic ring is 1. The van der Waals surface area contributed by atoms with Crippen molar-refractivity contribution in [3.63, 3.8) is 0 Å². The van der Waals surface area contributed by atoms with Crippen LogP contribution in [0.25, 0.3) is 0 Å². The highest BCUT2D eigenvalue weighted by Crippen LogP contribution is 2.24. The Labute approximate surface area is 79.1 Å². The average Bonchev–Trinajstić information content (AvgIpc) is 2.08. The van der Waals surface area contributed by atoms with Crippen molar-refractivity contribution in [2.45, 2.75) is 0 Å². The van der Waals surface area contributed by atoms with Crippen molar-refractivity contribution in [3.8, 4) is 5.88 Å². The van der Waals surface area contributed by atoms with Gasteiger partial charge in [0.1, 0.15) is 11.4 Å². The maximum atomic E-state index is 10.6. The van der Waals surface area contributed by atoms with Gasteiger partial charge in [-0.1, -0.05) is 11.6 Å². The Morgan fingerprint density at radius 1 is 1.77 bits per heavy atom. The summed E-state index contributed by atoms with van der Waals surface area (Å²) < 4.78 is 4.71.